The molecule has 102 valence electrons. The molecule has 1 rings (SSSR count). The molecule has 0 aliphatic carbocycles. The number of methoxy groups -OCH3 is 1. The van der Waals surface area contributed by atoms with Crippen LogP contribution in [0.3, 0.4) is 0 Å². The third-order valence-electron chi connectivity index (χ3n) is 2.93. The van der Waals surface area contributed by atoms with Gasteiger partial charge in [0.2, 0.25) is 0 Å². The molecule has 0 atom stereocenters. The Morgan fingerprint density at radius 1 is 1.50 bits per heavy atom. The van der Waals surface area contributed by atoms with Crippen molar-refractivity contribution >= 4 is 11.6 Å². The molecular formula is C12H22N4O2. The Morgan fingerprint density at radius 3 is 2.61 bits per heavy atom. The van der Waals surface area contributed by atoms with Crippen molar-refractivity contribution in [2.24, 2.45) is 7.05 Å². The zero-order valence-electron chi connectivity index (χ0n) is 11.6. The number of aromatic nitrogens is 2. The number of hydrogen-bond donors (Lipinski definition) is 1. The van der Waals surface area contributed by atoms with Crippen molar-refractivity contribution in [2.75, 3.05) is 32.5 Å². The van der Waals surface area contributed by atoms with Crippen molar-refractivity contribution in [1.82, 2.24) is 14.7 Å². The molecule has 6 heteroatoms. The van der Waals surface area contributed by atoms with Crippen LogP contribution in [0.2, 0.25) is 0 Å². The summed E-state index contributed by atoms with van der Waals surface area (Å²) < 4.78 is 6.56. The maximum Gasteiger partial charge on any atom is 0.274 e. The first kappa shape index (κ1) is 14.5. The van der Waals surface area contributed by atoms with Gasteiger partial charge in [0.1, 0.15) is 5.69 Å². The highest BCUT2D eigenvalue weighted by atomic mass is 16.5. The average molecular weight is 254 g/mol. The van der Waals surface area contributed by atoms with Crippen LogP contribution < -0.4 is 5.73 Å². The van der Waals surface area contributed by atoms with E-state index in [-0.39, 0.29) is 5.91 Å². The van der Waals surface area contributed by atoms with Gasteiger partial charge in [-0.05, 0) is 13.3 Å². The molecule has 0 saturated carbocycles. The van der Waals surface area contributed by atoms with Crippen molar-refractivity contribution in [3.05, 3.63) is 11.4 Å². The van der Waals surface area contributed by atoms with Crippen molar-refractivity contribution in [3.63, 3.8) is 0 Å². The van der Waals surface area contributed by atoms with Gasteiger partial charge >= 0.3 is 0 Å². The van der Waals surface area contributed by atoms with Gasteiger partial charge in [0.25, 0.3) is 5.91 Å². The van der Waals surface area contributed by atoms with Crippen LogP contribution >= 0.6 is 0 Å². The fourth-order valence-corrected chi connectivity index (χ4v) is 1.87. The van der Waals surface area contributed by atoms with Crippen molar-refractivity contribution < 1.29 is 9.53 Å². The lowest BCUT2D eigenvalue weighted by Crippen LogP contribution is -2.35. The summed E-state index contributed by atoms with van der Waals surface area (Å²) in [6, 6.07) is 0. The Morgan fingerprint density at radius 2 is 2.17 bits per heavy atom. The number of likely N-dealkylation sites (N-methyl/N-ethyl adjacent to an activating group) is 1. The highest BCUT2D eigenvalue weighted by Gasteiger charge is 2.23. The normalized spacial score (nSPS) is 10.7. The van der Waals surface area contributed by atoms with Gasteiger partial charge in [-0.25, -0.2) is 0 Å². The smallest absolute Gasteiger partial charge is 0.274 e. The van der Waals surface area contributed by atoms with Gasteiger partial charge in [-0.3, -0.25) is 9.48 Å². The second-order valence-corrected chi connectivity index (χ2v) is 4.06. The highest BCUT2D eigenvalue weighted by molar-refractivity contribution is 5.98. The summed E-state index contributed by atoms with van der Waals surface area (Å²) in [5.41, 5.74) is 7.69. The van der Waals surface area contributed by atoms with Gasteiger partial charge in [-0.15, -0.1) is 0 Å². The topological polar surface area (TPSA) is 73.4 Å². The molecule has 2 N–H and O–H groups in total. The molecule has 1 heterocycles. The Bertz CT molecular complexity index is 414. The number of hydrogen-bond acceptors (Lipinski definition) is 4. The van der Waals surface area contributed by atoms with E-state index in [1.54, 1.807) is 23.7 Å². The minimum Gasteiger partial charge on any atom is -0.395 e. The molecule has 1 aromatic heterocycles. The molecule has 0 aliphatic heterocycles. The van der Waals surface area contributed by atoms with Gasteiger partial charge in [0.15, 0.2) is 0 Å². The van der Waals surface area contributed by atoms with Gasteiger partial charge in [-0.1, -0.05) is 6.92 Å². The summed E-state index contributed by atoms with van der Waals surface area (Å²) >= 11 is 0. The second-order valence-electron chi connectivity index (χ2n) is 4.06. The molecule has 18 heavy (non-hydrogen) atoms. The van der Waals surface area contributed by atoms with Gasteiger partial charge in [-0.2, -0.15) is 5.10 Å². The molecule has 0 spiro atoms. The van der Waals surface area contributed by atoms with Crippen LogP contribution in [0.1, 0.15) is 30.0 Å². The van der Waals surface area contributed by atoms with Gasteiger partial charge in [0, 0.05) is 27.2 Å². The summed E-state index contributed by atoms with van der Waals surface area (Å²) in [6.45, 7) is 5.58. The van der Waals surface area contributed by atoms with Crippen LogP contribution in [0.15, 0.2) is 0 Å². The molecular weight excluding hydrogens is 232 g/mol. The highest BCUT2D eigenvalue weighted by Crippen LogP contribution is 2.18. The summed E-state index contributed by atoms with van der Waals surface area (Å²) in [7, 11) is 3.36. The van der Waals surface area contributed by atoms with E-state index < -0.39 is 0 Å². The molecule has 0 aromatic carbocycles. The van der Waals surface area contributed by atoms with Crippen LogP contribution in [0, 0.1) is 0 Å². The van der Waals surface area contributed by atoms with E-state index in [9.17, 15) is 4.79 Å². The summed E-state index contributed by atoms with van der Waals surface area (Å²) in [6.07, 6.45) is 0.719. The van der Waals surface area contributed by atoms with E-state index in [1.165, 1.54) is 0 Å². The molecule has 0 saturated heterocycles. The van der Waals surface area contributed by atoms with E-state index in [1.807, 2.05) is 13.8 Å². The first-order chi connectivity index (χ1) is 8.56. The Labute approximate surface area is 108 Å². The van der Waals surface area contributed by atoms with E-state index >= 15 is 0 Å². The quantitative estimate of drug-likeness (QED) is 0.810. The zero-order chi connectivity index (χ0) is 13.7. The summed E-state index contributed by atoms with van der Waals surface area (Å²) in [4.78, 5) is 14.1. The minimum absolute atomic E-state index is 0.0956. The van der Waals surface area contributed by atoms with Crippen LogP contribution in [-0.4, -0.2) is 47.4 Å². The molecule has 0 unspecified atom stereocenters. The predicted octanol–water partition coefficient (Wildman–Crippen LogP) is 0.673. The van der Waals surface area contributed by atoms with Crippen LogP contribution in [-0.2, 0) is 18.2 Å². The first-order valence-corrected chi connectivity index (χ1v) is 6.16. The molecule has 0 aliphatic rings. The second kappa shape index (κ2) is 6.39. The molecule has 0 fully saturated rings. The number of carbonyl (C=O) groups excluding carboxylic acids is 1. The van der Waals surface area contributed by atoms with Crippen molar-refractivity contribution in [2.45, 2.75) is 20.3 Å². The molecule has 1 aromatic rings. The number of rotatable bonds is 6. The van der Waals surface area contributed by atoms with Crippen molar-refractivity contribution in [3.8, 4) is 0 Å². The minimum atomic E-state index is -0.0956. The number of anilines is 1. The number of carbonyl (C=O) groups is 1. The third kappa shape index (κ3) is 2.81. The number of nitrogens with zero attached hydrogens (tertiary/aromatic N) is 3. The summed E-state index contributed by atoms with van der Waals surface area (Å²) in [5, 5.41) is 4.26. The number of nitrogens with two attached hydrogens (primary N) is 1. The Balaban J connectivity index is 2.98. The maximum atomic E-state index is 12.4. The Hall–Kier alpha value is -1.56. The Kier molecular flexibility index (Phi) is 5.15. The fourth-order valence-electron chi connectivity index (χ4n) is 1.87. The van der Waals surface area contributed by atoms with Gasteiger partial charge < -0.3 is 15.4 Å². The number of amides is 1. The summed E-state index contributed by atoms with van der Waals surface area (Å²) in [5.74, 6) is -0.0956. The van der Waals surface area contributed by atoms with Crippen molar-refractivity contribution in [1.29, 1.82) is 0 Å². The predicted molar refractivity (Wildman–Crippen MR) is 70.5 cm³/mol. The standard InChI is InChI=1S/C12H22N4O2/c1-5-9-10(13)11(15(3)14-9)12(17)16(6-2)7-8-18-4/h5-8,13H2,1-4H3. The van der Waals surface area contributed by atoms with E-state index in [0.717, 1.165) is 12.1 Å². The first-order valence-electron chi connectivity index (χ1n) is 6.16. The number of aryl methyl sites for hydroxylation is 2. The van der Waals surface area contributed by atoms with Crippen LogP contribution in [0.25, 0.3) is 0 Å². The molecule has 6 nitrogen and oxygen atoms in total. The number of ether oxygens (including phenoxy) is 1. The van der Waals surface area contributed by atoms with E-state index in [4.69, 9.17) is 10.5 Å². The molecule has 0 radical (unpaired) electrons. The lowest BCUT2D eigenvalue weighted by atomic mass is 10.2. The zero-order valence-corrected chi connectivity index (χ0v) is 11.6. The molecule has 0 bridgehead atoms. The lowest BCUT2D eigenvalue weighted by molar-refractivity contribution is 0.0697. The van der Waals surface area contributed by atoms with Crippen LogP contribution in [0.5, 0.6) is 0 Å². The SMILES string of the molecule is CCc1nn(C)c(C(=O)N(CC)CCOC)c1N. The molecule has 1 amide bonds. The van der Waals surface area contributed by atoms with Gasteiger partial charge in [0.05, 0.1) is 18.0 Å². The van der Waals surface area contributed by atoms with E-state index in [0.29, 0.717) is 31.1 Å². The monoisotopic (exact) mass is 254 g/mol. The lowest BCUT2D eigenvalue weighted by Gasteiger charge is -2.20. The maximum absolute atomic E-state index is 12.4. The average Bonchev–Trinajstić information content (AvgIpc) is 2.64. The third-order valence-corrected chi connectivity index (χ3v) is 2.93. The number of nitrogen functional groups attached to an aromatic ring is 1. The largest absolute Gasteiger partial charge is 0.395 e. The van der Waals surface area contributed by atoms with Crippen LogP contribution in [0.4, 0.5) is 5.69 Å². The van der Waals surface area contributed by atoms with E-state index in [2.05, 4.69) is 5.10 Å². The fraction of sp³-hybridized carbons (Fsp3) is 0.667.